The van der Waals surface area contributed by atoms with Crippen LogP contribution in [0.1, 0.15) is 0 Å². The van der Waals surface area contributed by atoms with Gasteiger partial charge in [-0.05, 0) is 0 Å². The lowest BCUT2D eigenvalue weighted by molar-refractivity contribution is -0.128. The summed E-state index contributed by atoms with van der Waals surface area (Å²) in [7, 11) is 1.68. The number of likely N-dealkylation sites (N-methyl/N-ethyl adjacent to an activating group) is 1. The maximum absolute atomic E-state index is 11.1. The first kappa shape index (κ1) is 10.7. The third kappa shape index (κ3) is 4.53. The first-order valence-electron chi connectivity index (χ1n) is 3.71. The smallest absolute Gasteiger partial charge is 0.237 e. The van der Waals surface area contributed by atoms with E-state index in [9.17, 15) is 4.79 Å². The number of amides is 1. The molecule has 0 bridgehead atoms. The molecule has 3 nitrogen and oxygen atoms in total. The van der Waals surface area contributed by atoms with Crippen molar-refractivity contribution in [2.75, 3.05) is 26.7 Å². The van der Waals surface area contributed by atoms with Crippen LogP contribution in [0.2, 0.25) is 0 Å². The first-order valence-corrected chi connectivity index (χ1v) is 3.71. The summed E-state index contributed by atoms with van der Waals surface area (Å²) in [5.41, 5.74) is 0. The molecule has 1 amide bonds. The van der Waals surface area contributed by atoms with E-state index in [1.165, 1.54) is 4.90 Å². The molecular weight excluding hydrogens is 152 g/mol. The van der Waals surface area contributed by atoms with E-state index in [4.69, 9.17) is 6.42 Å². The molecule has 12 heavy (non-hydrogen) atoms. The van der Waals surface area contributed by atoms with Gasteiger partial charge >= 0.3 is 0 Å². The molecule has 0 aliphatic carbocycles. The summed E-state index contributed by atoms with van der Waals surface area (Å²) in [4.78, 5) is 12.6. The Morgan fingerprint density at radius 2 is 2.50 bits per heavy atom. The topological polar surface area (TPSA) is 32.3 Å². The second kappa shape index (κ2) is 6.44. The molecule has 0 spiro atoms. The molecule has 0 aliphatic rings. The number of rotatable bonds is 5. The third-order valence-electron chi connectivity index (χ3n) is 1.32. The van der Waals surface area contributed by atoms with Crippen molar-refractivity contribution in [3.63, 3.8) is 0 Å². The number of nitrogens with one attached hydrogen (secondary N) is 1. The van der Waals surface area contributed by atoms with Gasteiger partial charge in [0.25, 0.3) is 0 Å². The van der Waals surface area contributed by atoms with E-state index < -0.39 is 0 Å². The molecule has 1 N–H and O–H groups in total. The van der Waals surface area contributed by atoms with Gasteiger partial charge in [0.15, 0.2) is 0 Å². The Bertz CT molecular complexity index is 193. The van der Waals surface area contributed by atoms with Crippen LogP contribution < -0.4 is 5.32 Å². The Hall–Kier alpha value is -1.27. The van der Waals surface area contributed by atoms with Crippen LogP contribution in [-0.2, 0) is 4.79 Å². The zero-order valence-corrected chi connectivity index (χ0v) is 7.34. The molecule has 0 atom stereocenters. The molecule has 0 unspecified atom stereocenters. The van der Waals surface area contributed by atoms with Gasteiger partial charge in [-0.1, -0.05) is 12.0 Å². The quantitative estimate of drug-likeness (QED) is 0.350. The second-order valence-corrected chi connectivity index (χ2v) is 2.37. The predicted molar refractivity (Wildman–Crippen MR) is 49.5 cm³/mol. The molecule has 0 aromatic carbocycles. The molecule has 0 rings (SSSR count). The van der Waals surface area contributed by atoms with Crippen molar-refractivity contribution in [2.24, 2.45) is 0 Å². The highest BCUT2D eigenvalue weighted by atomic mass is 16.2. The van der Waals surface area contributed by atoms with Crippen LogP contribution in [0, 0.1) is 12.3 Å². The van der Waals surface area contributed by atoms with Crippen molar-refractivity contribution in [2.45, 2.75) is 0 Å². The van der Waals surface area contributed by atoms with Gasteiger partial charge in [-0.25, -0.2) is 0 Å². The lowest BCUT2D eigenvalue weighted by Crippen LogP contribution is -2.35. The summed E-state index contributed by atoms with van der Waals surface area (Å²) in [6, 6.07) is 0. The monoisotopic (exact) mass is 166 g/mol. The van der Waals surface area contributed by atoms with Gasteiger partial charge in [0.05, 0.1) is 13.1 Å². The molecule has 3 heteroatoms. The third-order valence-corrected chi connectivity index (χ3v) is 1.32. The summed E-state index contributed by atoms with van der Waals surface area (Å²) in [6.45, 7) is 4.82. The van der Waals surface area contributed by atoms with Gasteiger partial charge in [-0.3, -0.25) is 4.79 Å². The van der Waals surface area contributed by atoms with Crippen molar-refractivity contribution in [1.29, 1.82) is 0 Å². The van der Waals surface area contributed by atoms with E-state index >= 15 is 0 Å². The fourth-order valence-electron chi connectivity index (χ4n) is 0.641. The summed E-state index contributed by atoms with van der Waals surface area (Å²) in [5, 5.41) is 2.90. The van der Waals surface area contributed by atoms with Crippen LogP contribution in [0.5, 0.6) is 0 Å². The van der Waals surface area contributed by atoms with Crippen LogP contribution in [0.25, 0.3) is 0 Å². The van der Waals surface area contributed by atoms with E-state index in [1.807, 2.05) is 0 Å². The van der Waals surface area contributed by atoms with Crippen LogP contribution in [0.15, 0.2) is 12.7 Å². The predicted octanol–water partition coefficient (Wildman–Crippen LogP) is -0.146. The Morgan fingerprint density at radius 3 is 3.00 bits per heavy atom. The summed E-state index contributed by atoms with van der Waals surface area (Å²) in [5.74, 6) is 2.39. The molecule has 0 heterocycles. The number of carbonyl (C=O) groups is 1. The molecule has 0 saturated carbocycles. The summed E-state index contributed by atoms with van der Waals surface area (Å²) >= 11 is 0. The molecule has 0 aliphatic heterocycles. The van der Waals surface area contributed by atoms with Crippen molar-refractivity contribution in [3.05, 3.63) is 12.7 Å². The van der Waals surface area contributed by atoms with Gasteiger partial charge in [-0.2, -0.15) is 0 Å². The first-order chi connectivity index (χ1) is 5.72. The zero-order chi connectivity index (χ0) is 9.40. The summed E-state index contributed by atoms with van der Waals surface area (Å²) in [6.07, 6.45) is 6.74. The highest BCUT2D eigenvalue weighted by Crippen LogP contribution is 1.81. The van der Waals surface area contributed by atoms with E-state index in [0.717, 1.165) is 0 Å². The lowest BCUT2D eigenvalue weighted by atomic mass is 10.4. The number of carbonyl (C=O) groups excluding carboxylic acids is 1. The zero-order valence-electron chi connectivity index (χ0n) is 7.34. The van der Waals surface area contributed by atoms with E-state index in [0.29, 0.717) is 19.6 Å². The Balaban J connectivity index is 3.58. The molecular formula is C9H14N2O. The standard InChI is InChI=1S/C9H14N2O/c1-4-6-10-8-9(12)11(3)7-5-2/h2,4,10H,1,6-8H2,3H3. The van der Waals surface area contributed by atoms with Crippen molar-refractivity contribution in [1.82, 2.24) is 10.2 Å². The highest BCUT2D eigenvalue weighted by molar-refractivity contribution is 5.78. The van der Waals surface area contributed by atoms with Crippen molar-refractivity contribution in [3.8, 4) is 12.3 Å². The molecule has 0 saturated heterocycles. The maximum atomic E-state index is 11.1. The molecule has 0 fully saturated rings. The van der Waals surface area contributed by atoms with Gasteiger partial charge < -0.3 is 10.2 Å². The van der Waals surface area contributed by atoms with Gasteiger partial charge in [0.1, 0.15) is 0 Å². The fourth-order valence-corrected chi connectivity index (χ4v) is 0.641. The Morgan fingerprint density at radius 1 is 1.83 bits per heavy atom. The Kier molecular flexibility index (Phi) is 5.76. The summed E-state index contributed by atoms with van der Waals surface area (Å²) < 4.78 is 0. The van der Waals surface area contributed by atoms with Crippen molar-refractivity contribution < 1.29 is 4.79 Å². The molecule has 0 aromatic heterocycles. The molecule has 66 valence electrons. The number of nitrogens with zero attached hydrogens (tertiary/aromatic N) is 1. The second-order valence-electron chi connectivity index (χ2n) is 2.37. The fraction of sp³-hybridized carbons (Fsp3) is 0.444. The average Bonchev–Trinajstić information content (AvgIpc) is 2.05. The molecule has 0 radical (unpaired) electrons. The van der Waals surface area contributed by atoms with Gasteiger partial charge in [0, 0.05) is 13.6 Å². The van der Waals surface area contributed by atoms with E-state index in [1.54, 1.807) is 13.1 Å². The molecule has 0 aromatic rings. The SMILES string of the molecule is C#CCN(C)C(=O)CNCC=C. The largest absolute Gasteiger partial charge is 0.334 e. The van der Waals surface area contributed by atoms with E-state index in [2.05, 4.69) is 17.8 Å². The average molecular weight is 166 g/mol. The minimum atomic E-state index is -0.00481. The van der Waals surface area contributed by atoms with E-state index in [-0.39, 0.29) is 5.91 Å². The lowest BCUT2D eigenvalue weighted by Gasteiger charge is -2.13. The number of terminal acetylenes is 1. The van der Waals surface area contributed by atoms with Crippen LogP contribution in [0.3, 0.4) is 0 Å². The highest BCUT2D eigenvalue weighted by Gasteiger charge is 2.04. The minimum absolute atomic E-state index is 0.00481. The van der Waals surface area contributed by atoms with Crippen LogP contribution in [0.4, 0.5) is 0 Å². The Labute approximate surface area is 73.4 Å². The number of hydrogen-bond donors (Lipinski definition) is 1. The van der Waals surface area contributed by atoms with Crippen LogP contribution in [-0.4, -0.2) is 37.5 Å². The van der Waals surface area contributed by atoms with Gasteiger partial charge in [-0.15, -0.1) is 13.0 Å². The van der Waals surface area contributed by atoms with Crippen molar-refractivity contribution >= 4 is 5.91 Å². The van der Waals surface area contributed by atoms with Crippen LogP contribution >= 0.6 is 0 Å². The normalized spacial score (nSPS) is 8.67. The van der Waals surface area contributed by atoms with Gasteiger partial charge in [0.2, 0.25) is 5.91 Å². The minimum Gasteiger partial charge on any atom is -0.334 e. The number of hydrogen-bond acceptors (Lipinski definition) is 2. The maximum Gasteiger partial charge on any atom is 0.237 e.